The van der Waals surface area contributed by atoms with Gasteiger partial charge in [-0.3, -0.25) is 23.9 Å². The highest BCUT2D eigenvalue weighted by Crippen LogP contribution is 2.38. The number of halogens is 3. The van der Waals surface area contributed by atoms with Gasteiger partial charge in [0.25, 0.3) is 5.91 Å². The Morgan fingerprint density at radius 1 is 1.16 bits per heavy atom. The number of amides is 1. The highest BCUT2D eigenvalue weighted by Gasteiger charge is 2.35. The van der Waals surface area contributed by atoms with Crippen LogP contribution >= 0.6 is 0 Å². The minimum atomic E-state index is -4.42. The summed E-state index contributed by atoms with van der Waals surface area (Å²) in [5.41, 5.74) is 2.84. The van der Waals surface area contributed by atoms with Crippen molar-refractivity contribution < 1.29 is 22.2 Å². The van der Waals surface area contributed by atoms with Crippen molar-refractivity contribution in [2.45, 2.75) is 50.6 Å². The van der Waals surface area contributed by atoms with Gasteiger partial charge in [0.15, 0.2) is 0 Å². The molecule has 1 N–H and O–H groups in total. The van der Waals surface area contributed by atoms with Crippen LogP contribution in [0, 0.1) is 5.92 Å². The van der Waals surface area contributed by atoms with Crippen molar-refractivity contribution in [1.29, 1.82) is 0 Å². The minimum Gasteiger partial charge on any atom is -0.348 e. The van der Waals surface area contributed by atoms with Crippen LogP contribution in [-0.4, -0.2) is 37.1 Å². The lowest BCUT2D eigenvalue weighted by Crippen LogP contribution is -2.26. The van der Waals surface area contributed by atoms with Crippen molar-refractivity contribution >= 4 is 21.3 Å². The molecule has 1 amide bonds. The Labute approximate surface area is 215 Å². The molecule has 1 unspecified atom stereocenters. The molecule has 37 heavy (non-hydrogen) atoms. The second-order valence-electron chi connectivity index (χ2n) is 9.73. The number of benzene rings is 1. The van der Waals surface area contributed by atoms with Crippen molar-refractivity contribution in [3.63, 3.8) is 0 Å². The molecule has 1 aliphatic heterocycles. The number of carbonyl (C=O) groups excluding carboxylic acids is 1. The summed E-state index contributed by atoms with van der Waals surface area (Å²) in [7, 11) is -2.29. The fourth-order valence-electron chi connectivity index (χ4n) is 4.49. The molecule has 0 saturated heterocycles. The highest BCUT2D eigenvalue weighted by atomic mass is 32.2. The Bertz CT molecular complexity index is 1390. The molecule has 3 heterocycles. The molecule has 4 rings (SSSR count). The number of hydrogen-bond donors (Lipinski definition) is 1. The third kappa shape index (κ3) is 6.19. The third-order valence-corrected chi connectivity index (χ3v) is 7.60. The number of fused-ring (bicyclic) bond motifs is 1. The van der Waals surface area contributed by atoms with Crippen molar-refractivity contribution in [2.75, 3.05) is 6.26 Å². The van der Waals surface area contributed by atoms with E-state index in [9.17, 15) is 22.2 Å². The van der Waals surface area contributed by atoms with Gasteiger partial charge in [-0.25, -0.2) is 0 Å². The topological polar surface area (TPSA) is 75.2 Å². The van der Waals surface area contributed by atoms with E-state index in [4.69, 9.17) is 0 Å². The first-order chi connectivity index (χ1) is 17.3. The second kappa shape index (κ2) is 10.3. The maximum Gasteiger partial charge on any atom is 0.417 e. The molecule has 196 valence electrons. The van der Waals surface area contributed by atoms with E-state index in [-0.39, 0.29) is 17.9 Å². The number of nitrogens with zero attached hydrogens (tertiary/aromatic N) is 3. The highest BCUT2D eigenvalue weighted by molar-refractivity contribution is 7.99. The van der Waals surface area contributed by atoms with Crippen LogP contribution in [-0.2, 0) is 35.3 Å². The molecule has 1 aromatic carbocycles. The summed E-state index contributed by atoms with van der Waals surface area (Å²) < 4.78 is 50.7. The Morgan fingerprint density at radius 2 is 1.86 bits per heavy atom. The maximum absolute atomic E-state index is 12.9. The van der Waals surface area contributed by atoms with Gasteiger partial charge in [0.05, 0.1) is 28.6 Å². The van der Waals surface area contributed by atoms with Gasteiger partial charge in [-0.1, -0.05) is 26.0 Å². The average molecular weight is 531 g/mol. The molecular weight excluding hydrogens is 501 g/mol. The molecule has 6 nitrogen and oxygen atoms in total. The average Bonchev–Trinajstić information content (AvgIpc) is 3.19. The van der Waals surface area contributed by atoms with E-state index in [0.29, 0.717) is 35.8 Å². The van der Waals surface area contributed by atoms with E-state index >= 15 is 0 Å². The Morgan fingerprint density at radius 3 is 2.43 bits per heavy atom. The largest absolute Gasteiger partial charge is 0.417 e. The van der Waals surface area contributed by atoms with Crippen LogP contribution in [0.5, 0.6) is 0 Å². The van der Waals surface area contributed by atoms with Crippen LogP contribution in [0.2, 0.25) is 0 Å². The molecule has 2 atom stereocenters. The summed E-state index contributed by atoms with van der Waals surface area (Å²) in [6.07, 6.45) is -0.430. The summed E-state index contributed by atoms with van der Waals surface area (Å²) in [6, 6.07) is 11.3. The molecule has 0 spiro atoms. The lowest BCUT2D eigenvalue weighted by molar-refractivity contribution is -0.137. The number of pyridine rings is 2. The summed E-state index contributed by atoms with van der Waals surface area (Å²) in [4.78, 5) is 24.2. The Balaban J connectivity index is 1.45. The van der Waals surface area contributed by atoms with E-state index in [2.05, 4.69) is 39.9 Å². The second-order valence-corrected chi connectivity index (χ2v) is 12.2. The Hall–Kier alpha value is -3.24. The summed E-state index contributed by atoms with van der Waals surface area (Å²) in [6.45, 7) is 5.31. The van der Waals surface area contributed by atoms with Gasteiger partial charge in [-0.2, -0.15) is 13.2 Å². The molecule has 10 heteroatoms. The minimum absolute atomic E-state index is 0.0448. The first-order valence-electron chi connectivity index (χ1n) is 11.8. The predicted octanol–water partition coefficient (Wildman–Crippen LogP) is 4.84. The third-order valence-electron chi connectivity index (χ3n) is 6.33. The normalized spacial score (nSPS) is 17.4. The Kier molecular flexibility index (Phi) is 7.43. The molecular formula is C27H29F3N4O2S. The maximum atomic E-state index is 12.9. The zero-order valence-corrected chi connectivity index (χ0v) is 21.7. The fraction of sp³-hybridized carbons (Fsp3) is 0.333. The zero-order valence-electron chi connectivity index (χ0n) is 20.9. The zero-order chi connectivity index (χ0) is 27.0. The van der Waals surface area contributed by atoms with Gasteiger partial charge >= 0.3 is 6.18 Å². The number of alkyl halides is 3. The van der Waals surface area contributed by atoms with Gasteiger partial charge in [0, 0.05) is 43.2 Å². The van der Waals surface area contributed by atoms with E-state index in [1.54, 1.807) is 24.6 Å². The van der Waals surface area contributed by atoms with Crippen LogP contribution < -0.4 is 5.32 Å². The van der Waals surface area contributed by atoms with Crippen LogP contribution in [0.25, 0.3) is 0 Å². The summed E-state index contributed by atoms with van der Waals surface area (Å²) in [5.74, 6) is 3.61. The standard InChI is InChI=1S/C27H29F3N4O2S/c1-17(2)25-24-20(15-34(25)16-22-8-7-21(14-31-22)27(28,29)30)11-19(13-32-24)26(35)33-12-18-5-9-23(10-6-18)37(3,4)36/h5-11,13-14,17,25H,3,12,15-16H2,1-2,4H3,(H,33,35)/t25-,37?/m1/s1. The van der Waals surface area contributed by atoms with Crippen LogP contribution in [0.1, 0.15) is 58.3 Å². The number of rotatable bonds is 7. The number of carbonyl (C=O) groups is 1. The number of hydrogen-bond acceptors (Lipinski definition) is 5. The lowest BCUT2D eigenvalue weighted by Gasteiger charge is -2.27. The van der Waals surface area contributed by atoms with Crippen molar-refractivity contribution in [1.82, 2.24) is 20.2 Å². The molecule has 1 aliphatic rings. The predicted molar refractivity (Wildman–Crippen MR) is 137 cm³/mol. The quantitative estimate of drug-likeness (QED) is 0.443. The van der Waals surface area contributed by atoms with Crippen molar-refractivity contribution in [3.8, 4) is 0 Å². The first kappa shape index (κ1) is 26.8. The fourth-order valence-corrected chi connectivity index (χ4v) is 5.20. The van der Waals surface area contributed by atoms with Crippen molar-refractivity contribution in [3.05, 3.63) is 88.5 Å². The van der Waals surface area contributed by atoms with Crippen LogP contribution in [0.15, 0.2) is 59.8 Å². The first-order valence-corrected chi connectivity index (χ1v) is 13.9. The van der Waals surface area contributed by atoms with Crippen LogP contribution in [0.3, 0.4) is 0 Å². The molecule has 0 saturated carbocycles. The molecule has 0 bridgehead atoms. The van der Waals surface area contributed by atoms with E-state index in [0.717, 1.165) is 29.1 Å². The summed E-state index contributed by atoms with van der Waals surface area (Å²) >= 11 is 0. The lowest BCUT2D eigenvalue weighted by atomic mass is 9.99. The van der Waals surface area contributed by atoms with Crippen molar-refractivity contribution in [2.24, 2.45) is 5.92 Å². The van der Waals surface area contributed by atoms with E-state index in [1.807, 2.05) is 18.2 Å². The van der Waals surface area contributed by atoms with Gasteiger partial charge in [-0.05, 0) is 62.8 Å². The molecule has 0 fully saturated rings. The monoisotopic (exact) mass is 530 g/mol. The van der Waals surface area contributed by atoms with Gasteiger partial charge < -0.3 is 5.32 Å². The van der Waals surface area contributed by atoms with Crippen LogP contribution in [0.4, 0.5) is 13.2 Å². The van der Waals surface area contributed by atoms with E-state index in [1.165, 1.54) is 6.07 Å². The van der Waals surface area contributed by atoms with Gasteiger partial charge in [-0.15, -0.1) is 0 Å². The molecule has 0 aliphatic carbocycles. The van der Waals surface area contributed by atoms with E-state index < -0.39 is 21.3 Å². The van der Waals surface area contributed by atoms with Gasteiger partial charge in [0.2, 0.25) is 0 Å². The number of aromatic nitrogens is 2. The molecule has 0 radical (unpaired) electrons. The SMILES string of the molecule is C=S(C)(=O)c1ccc(CNC(=O)c2cnc3c(c2)CN(Cc2ccc(C(F)(F)F)cn2)[C@@H]3C(C)C)cc1. The van der Waals surface area contributed by atoms with Gasteiger partial charge in [0.1, 0.15) is 0 Å². The molecule has 2 aromatic heterocycles. The summed E-state index contributed by atoms with van der Waals surface area (Å²) in [5, 5.41) is 2.89. The molecule has 3 aromatic rings. The number of nitrogens with one attached hydrogen (secondary N) is 1. The smallest absolute Gasteiger partial charge is 0.348 e.